The lowest BCUT2D eigenvalue weighted by Crippen LogP contribution is -2.72. The highest BCUT2D eigenvalue weighted by Gasteiger charge is 2.66. The van der Waals surface area contributed by atoms with Crippen LogP contribution in [0.15, 0.2) is 46.3 Å². The Morgan fingerprint density at radius 1 is 1.23 bits per heavy atom. The highest BCUT2D eigenvalue weighted by Crippen LogP contribution is 2.44. The van der Waals surface area contributed by atoms with Gasteiger partial charge in [0.25, 0.3) is 0 Å². The van der Waals surface area contributed by atoms with Crippen molar-refractivity contribution < 1.29 is 27.9 Å². The average Bonchev–Trinajstić information content (AvgIpc) is 3.07. The molecule has 138 valence electrons. The van der Waals surface area contributed by atoms with Crippen molar-refractivity contribution in [2.75, 3.05) is 0 Å². The molecule has 1 aliphatic rings. The standard InChI is InChI=1S/C16H12BrF3N2O3S/c17-9-5-3-8(4-6-9)13(23)11-12(10-2-1-7-26-10)21-14(24)22-15(11,25)16(18,19)20/h1-7,11-12,25H,(H2,21,22,24). The second kappa shape index (κ2) is 6.67. The number of hydrogen-bond donors (Lipinski definition) is 3. The van der Waals surface area contributed by atoms with Crippen molar-refractivity contribution in [2.24, 2.45) is 5.92 Å². The van der Waals surface area contributed by atoms with Crippen molar-refractivity contribution in [3.8, 4) is 0 Å². The number of amides is 2. The first-order valence-electron chi connectivity index (χ1n) is 7.34. The number of urea groups is 1. The van der Waals surface area contributed by atoms with Crippen molar-refractivity contribution in [1.29, 1.82) is 0 Å². The largest absolute Gasteiger partial charge is 0.437 e. The zero-order valence-electron chi connectivity index (χ0n) is 12.9. The maximum Gasteiger partial charge on any atom is 0.437 e. The number of aliphatic hydroxyl groups is 1. The van der Waals surface area contributed by atoms with E-state index in [1.54, 1.807) is 11.4 Å². The van der Waals surface area contributed by atoms with Gasteiger partial charge in [-0.3, -0.25) is 4.79 Å². The Bertz CT molecular complexity index is 826. The first-order valence-corrected chi connectivity index (χ1v) is 9.02. The SMILES string of the molecule is O=C1NC(c2cccs2)C(C(=O)c2ccc(Br)cc2)C(O)(C(F)(F)F)N1. The molecule has 0 bridgehead atoms. The Morgan fingerprint density at radius 3 is 2.42 bits per heavy atom. The van der Waals surface area contributed by atoms with Gasteiger partial charge >= 0.3 is 12.2 Å². The summed E-state index contributed by atoms with van der Waals surface area (Å²) in [5, 5.41) is 15.8. The third-order valence-corrected chi connectivity index (χ3v) is 5.55. The minimum atomic E-state index is -5.25. The summed E-state index contributed by atoms with van der Waals surface area (Å²) in [7, 11) is 0. The molecular weight excluding hydrogens is 437 g/mol. The summed E-state index contributed by atoms with van der Waals surface area (Å²) in [5.74, 6) is -2.94. The number of rotatable bonds is 3. The second-order valence-corrected chi connectivity index (χ2v) is 7.60. The van der Waals surface area contributed by atoms with Gasteiger partial charge in [-0.2, -0.15) is 13.2 Å². The second-order valence-electron chi connectivity index (χ2n) is 5.70. The molecule has 0 radical (unpaired) electrons. The molecule has 2 aromatic rings. The molecule has 1 saturated heterocycles. The lowest BCUT2D eigenvalue weighted by Gasteiger charge is -2.44. The highest BCUT2D eigenvalue weighted by molar-refractivity contribution is 9.10. The van der Waals surface area contributed by atoms with Gasteiger partial charge in [-0.05, 0) is 23.6 Å². The number of thiophene rings is 1. The first kappa shape index (κ1) is 18.9. The molecule has 1 aromatic carbocycles. The number of halogens is 4. The van der Waals surface area contributed by atoms with Gasteiger partial charge in [-0.15, -0.1) is 11.3 Å². The van der Waals surface area contributed by atoms with Crippen LogP contribution in [-0.2, 0) is 0 Å². The topological polar surface area (TPSA) is 78.4 Å². The molecule has 2 amide bonds. The fourth-order valence-electron chi connectivity index (χ4n) is 2.84. The predicted octanol–water partition coefficient (Wildman–Crippen LogP) is 3.61. The lowest BCUT2D eigenvalue weighted by molar-refractivity contribution is -0.287. The molecule has 3 atom stereocenters. The van der Waals surface area contributed by atoms with Crippen molar-refractivity contribution >= 4 is 39.1 Å². The van der Waals surface area contributed by atoms with Gasteiger partial charge in [0, 0.05) is 14.9 Å². The van der Waals surface area contributed by atoms with Crippen LogP contribution in [0.5, 0.6) is 0 Å². The molecule has 5 nitrogen and oxygen atoms in total. The van der Waals surface area contributed by atoms with Crippen LogP contribution in [0.3, 0.4) is 0 Å². The van der Waals surface area contributed by atoms with Crippen molar-refractivity contribution in [2.45, 2.75) is 17.9 Å². The summed E-state index contributed by atoms with van der Waals surface area (Å²) in [4.78, 5) is 25.0. The van der Waals surface area contributed by atoms with Crippen molar-refractivity contribution in [3.05, 3.63) is 56.7 Å². The third kappa shape index (κ3) is 3.24. The lowest BCUT2D eigenvalue weighted by atomic mass is 9.79. The fraction of sp³-hybridized carbons (Fsp3) is 0.250. The summed E-state index contributed by atoms with van der Waals surface area (Å²) < 4.78 is 41.6. The Kier molecular flexibility index (Phi) is 4.84. The molecular formula is C16H12BrF3N2O3S. The van der Waals surface area contributed by atoms with E-state index in [9.17, 15) is 27.9 Å². The van der Waals surface area contributed by atoms with Gasteiger partial charge < -0.3 is 15.7 Å². The summed E-state index contributed by atoms with van der Waals surface area (Å²) in [6.07, 6.45) is -5.25. The van der Waals surface area contributed by atoms with E-state index in [0.717, 1.165) is 11.3 Å². The summed E-state index contributed by atoms with van der Waals surface area (Å²) in [5.41, 5.74) is -3.71. The van der Waals surface area contributed by atoms with Crippen LogP contribution in [-0.4, -0.2) is 28.8 Å². The van der Waals surface area contributed by atoms with Crippen molar-refractivity contribution in [1.82, 2.24) is 10.6 Å². The number of ketones is 1. The van der Waals surface area contributed by atoms with Crippen LogP contribution in [0.2, 0.25) is 0 Å². The molecule has 3 unspecified atom stereocenters. The number of nitrogens with one attached hydrogen (secondary N) is 2. The zero-order valence-corrected chi connectivity index (χ0v) is 15.3. The average molecular weight is 449 g/mol. The smallest absolute Gasteiger partial charge is 0.363 e. The minimum absolute atomic E-state index is 0.0135. The zero-order chi connectivity index (χ0) is 19.1. The van der Waals surface area contributed by atoms with E-state index in [0.29, 0.717) is 9.35 Å². The summed E-state index contributed by atoms with van der Waals surface area (Å²) in [6, 6.07) is 6.27. The molecule has 2 heterocycles. The number of carbonyl (C=O) groups excluding carboxylic acids is 2. The molecule has 0 spiro atoms. The third-order valence-electron chi connectivity index (χ3n) is 4.07. The number of alkyl halides is 3. The van der Waals surface area contributed by atoms with Gasteiger partial charge in [-0.1, -0.05) is 34.1 Å². The molecule has 3 rings (SSSR count). The Balaban J connectivity index is 2.13. The van der Waals surface area contributed by atoms with Gasteiger partial charge in [0.2, 0.25) is 5.72 Å². The normalized spacial score (nSPS) is 26.1. The van der Waals surface area contributed by atoms with Crippen LogP contribution >= 0.6 is 27.3 Å². The van der Waals surface area contributed by atoms with E-state index in [-0.39, 0.29) is 5.56 Å². The Morgan fingerprint density at radius 2 is 1.88 bits per heavy atom. The molecule has 3 N–H and O–H groups in total. The maximum absolute atomic E-state index is 13.7. The van der Waals surface area contributed by atoms with Gasteiger partial charge in [-0.25, -0.2) is 4.79 Å². The van der Waals surface area contributed by atoms with Crippen LogP contribution in [0.1, 0.15) is 21.3 Å². The van der Waals surface area contributed by atoms with E-state index in [1.165, 1.54) is 35.6 Å². The quantitative estimate of drug-likeness (QED) is 0.627. The molecule has 1 aliphatic heterocycles. The van der Waals surface area contributed by atoms with Crippen LogP contribution < -0.4 is 10.6 Å². The Hall–Kier alpha value is -1.91. The number of carbonyl (C=O) groups is 2. The van der Waals surface area contributed by atoms with E-state index in [4.69, 9.17) is 0 Å². The summed E-state index contributed by atoms with van der Waals surface area (Å²) >= 11 is 4.27. The van der Waals surface area contributed by atoms with Crippen LogP contribution in [0.4, 0.5) is 18.0 Å². The number of Topliss-reactive ketones (excluding diaryl/α,β-unsaturated/α-hetero) is 1. The number of benzene rings is 1. The first-order chi connectivity index (χ1) is 12.1. The monoisotopic (exact) mass is 448 g/mol. The maximum atomic E-state index is 13.7. The van der Waals surface area contributed by atoms with E-state index in [2.05, 4.69) is 21.2 Å². The van der Waals surface area contributed by atoms with Gasteiger partial charge in [0.1, 0.15) is 5.92 Å². The van der Waals surface area contributed by atoms with E-state index < -0.39 is 35.7 Å². The fourth-order valence-corrected chi connectivity index (χ4v) is 3.92. The highest BCUT2D eigenvalue weighted by atomic mass is 79.9. The van der Waals surface area contributed by atoms with Crippen LogP contribution in [0, 0.1) is 5.92 Å². The molecule has 10 heteroatoms. The molecule has 26 heavy (non-hydrogen) atoms. The summed E-state index contributed by atoms with van der Waals surface area (Å²) in [6.45, 7) is 0. The Labute approximate surface area is 158 Å². The van der Waals surface area contributed by atoms with Gasteiger partial charge in [0.15, 0.2) is 5.78 Å². The molecule has 0 aliphatic carbocycles. The molecule has 1 aromatic heterocycles. The minimum Gasteiger partial charge on any atom is -0.363 e. The van der Waals surface area contributed by atoms with E-state index in [1.807, 2.05) is 0 Å². The molecule has 1 fully saturated rings. The van der Waals surface area contributed by atoms with E-state index >= 15 is 0 Å². The predicted molar refractivity (Wildman–Crippen MR) is 91.7 cm³/mol. The van der Waals surface area contributed by atoms with Crippen molar-refractivity contribution in [3.63, 3.8) is 0 Å². The molecule has 0 saturated carbocycles. The van der Waals surface area contributed by atoms with Gasteiger partial charge in [0.05, 0.1) is 6.04 Å². The number of hydrogen-bond acceptors (Lipinski definition) is 4. The van der Waals surface area contributed by atoms with Crippen LogP contribution in [0.25, 0.3) is 0 Å².